The summed E-state index contributed by atoms with van der Waals surface area (Å²) >= 11 is 0. The molecule has 0 aromatic heterocycles. The van der Waals surface area contributed by atoms with Crippen LogP contribution in [0.15, 0.2) is 24.3 Å². The fraction of sp³-hybridized carbons (Fsp3) is 0.625. The minimum Gasteiger partial charge on any atom is -0.314 e. The number of halogens is 1. The third-order valence-corrected chi connectivity index (χ3v) is 4.50. The van der Waals surface area contributed by atoms with E-state index in [1.165, 1.54) is 32.1 Å². The minimum absolute atomic E-state index is 0.0293. The van der Waals surface area contributed by atoms with Crippen LogP contribution in [0.2, 0.25) is 0 Å². The number of nitrogens with one attached hydrogen (secondary N) is 1. The van der Waals surface area contributed by atoms with E-state index in [0.717, 1.165) is 30.5 Å². The summed E-state index contributed by atoms with van der Waals surface area (Å²) in [6.07, 6.45) is 7.53. The lowest BCUT2D eigenvalue weighted by Crippen LogP contribution is -2.27. The highest BCUT2D eigenvalue weighted by Gasteiger charge is 2.29. The van der Waals surface area contributed by atoms with Crippen LogP contribution in [0.5, 0.6) is 0 Å². The largest absolute Gasteiger partial charge is 0.314 e. The van der Waals surface area contributed by atoms with Gasteiger partial charge in [-0.25, -0.2) is 4.39 Å². The van der Waals surface area contributed by atoms with Crippen molar-refractivity contribution >= 4 is 0 Å². The lowest BCUT2D eigenvalue weighted by molar-refractivity contribution is 0.360. The molecule has 1 nitrogen and oxygen atoms in total. The molecular formula is C16H22FN. The maximum absolute atomic E-state index is 13.7. The Kier molecular flexibility index (Phi) is 3.64. The molecule has 1 N–H and O–H groups in total. The number of benzene rings is 1. The van der Waals surface area contributed by atoms with Gasteiger partial charge in [0, 0.05) is 6.04 Å². The molecule has 0 spiro atoms. The molecule has 0 aliphatic heterocycles. The standard InChI is InChI=1S/C16H22FN/c17-16-7-2-1-4-13(16)10-12-5-3-6-14(12)11-18-15-8-9-15/h1-2,4,7,12,14-15,18H,3,5-6,8-11H2. The molecule has 1 aromatic carbocycles. The molecule has 2 aliphatic rings. The fourth-order valence-corrected chi connectivity index (χ4v) is 3.20. The number of hydrogen-bond donors (Lipinski definition) is 1. The van der Waals surface area contributed by atoms with Gasteiger partial charge in [0.15, 0.2) is 0 Å². The first kappa shape index (κ1) is 12.2. The smallest absolute Gasteiger partial charge is 0.126 e. The van der Waals surface area contributed by atoms with Crippen molar-refractivity contribution in [2.45, 2.75) is 44.6 Å². The van der Waals surface area contributed by atoms with Gasteiger partial charge in [-0.3, -0.25) is 0 Å². The van der Waals surface area contributed by atoms with Gasteiger partial charge >= 0.3 is 0 Å². The summed E-state index contributed by atoms with van der Waals surface area (Å²) in [7, 11) is 0. The lowest BCUT2D eigenvalue weighted by Gasteiger charge is -2.20. The van der Waals surface area contributed by atoms with Crippen molar-refractivity contribution in [2.75, 3.05) is 6.54 Å². The molecule has 2 saturated carbocycles. The zero-order chi connectivity index (χ0) is 12.4. The predicted octanol–water partition coefficient (Wildman–Crippen LogP) is 3.54. The predicted molar refractivity (Wildman–Crippen MR) is 72.0 cm³/mol. The van der Waals surface area contributed by atoms with Gasteiger partial charge in [0.05, 0.1) is 0 Å². The van der Waals surface area contributed by atoms with Gasteiger partial charge in [-0.15, -0.1) is 0 Å². The number of rotatable bonds is 5. The van der Waals surface area contributed by atoms with Crippen LogP contribution >= 0.6 is 0 Å². The molecule has 98 valence electrons. The van der Waals surface area contributed by atoms with E-state index in [9.17, 15) is 4.39 Å². The van der Waals surface area contributed by atoms with E-state index >= 15 is 0 Å². The second-order valence-corrected chi connectivity index (χ2v) is 5.93. The maximum atomic E-state index is 13.7. The average Bonchev–Trinajstić information content (AvgIpc) is 3.10. The van der Waals surface area contributed by atoms with Crippen LogP contribution in [-0.4, -0.2) is 12.6 Å². The van der Waals surface area contributed by atoms with E-state index < -0.39 is 0 Å². The monoisotopic (exact) mass is 247 g/mol. The molecule has 2 unspecified atom stereocenters. The maximum Gasteiger partial charge on any atom is 0.126 e. The Morgan fingerprint density at radius 1 is 1.06 bits per heavy atom. The quantitative estimate of drug-likeness (QED) is 0.839. The molecule has 0 bridgehead atoms. The van der Waals surface area contributed by atoms with Crippen LogP contribution in [0, 0.1) is 17.7 Å². The van der Waals surface area contributed by atoms with Crippen LogP contribution in [0.3, 0.4) is 0 Å². The van der Waals surface area contributed by atoms with Crippen LogP contribution in [0.4, 0.5) is 4.39 Å². The van der Waals surface area contributed by atoms with Crippen molar-refractivity contribution in [3.8, 4) is 0 Å². The van der Waals surface area contributed by atoms with E-state index in [-0.39, 0.29) is 5.82 Å². The van der Waals surface area contributed by atoms with Crippen LogP contribution in [0.25, 0.3) is 0 Å². The molecule has 3 rings (SSSR count). The second-order valence-electron chi connectivity index (χ2n) is 5.93. The average molecular weight is 247 g/mol. The van der Waals surface area contributed by atoms with Crippen molar-refractivity contribution in [3.63, 3.8) is 0 Å². The van der Waals surface area contributed by atoms with Crippen LogP contribution in [0.1, 0.15) is 37.7 Å². The first-order valence-corrected chi connectivity index (χ1v) is 7.29. The summed E-state index contributed by atoms with van der Waals surface area (Å²) in [5.74, 6) is 1.40. The zero-order valence-corrected chi connectivity index (χ0v) is 10.9. The van der Waals surface area contributed by atoms with Crippen molar-refractivity contribution in [1.82, 2.24) is 5.32 Å². The Balaban J connectivity index is 1.58. The highest BCUT2D eigenvalue weighted by atomic mass is 19.1. The minimum atomic E-state index is -0.0293. The van der Waals surface area contributed by atoms with Gasteiger partial charge in [-0.1, -0.05) is 24.6 Å². The van der Waals surface area contributed by atoms with Crippen LogP contribution < -0.4 is 5.32 Å². The van der Waals surface area contributed by atoms with E-state index in [4.69, 9.17) is 0 Å². The second kappa shape index (κ2) is 5.40. The summed E-state index contributed by atoms with van der Waals surface area (Å²) < 4.78 is 13.7. The Labute approximate surface area is 109 Å². The third kappa shape index (κ3) is 2.92. The SMILES string of the molecule is Fc1ccccc1CC1CCCC1CNC1CC1. The Hall–Kier alpha value is -0.890. The van der Waals surface area contributed by atoms with Gasteiger partial charge in [0.2, 0.25) is 0 Å². The molecule has 0 heterocycles. The van der Waals surface area contributed by atoms with Gasteiger partial charge < -0.3 is 5.32 Å². The van der Waals surface area contributed by atoms with E-state index in [0.29, 0.717) is 5.92 Å². The molecule has 1 aromatic rings. The summed E-state index contributed by atoms with van der Waals surface area (Å²) in [5, 5.41) is 3.64. The van der Waals surface area contributed by atoms with Gasteiger partial charge in [0.25, 0.3) is 0 Å². The highest BCUT2D eigenvalue weighted by Crippen LogP contribution is 2.35. The van der Waals surface area contributed by atoms with E-state index in [1.54, 1.807) is 12.1 Å². The van der Waals surface area contributed by atoms with Crippen molar-refractivity contribution < 1.29 is 4.39 Å². The summed E-state index contributed by atoms with van der Waals surface area (Å²) in [4.78, 5) is 0. The van der Waals surface area contributed by atoms with Crippen LogP contribution in [-0.2, 0) is 6.42 Å². The van der Waals surface area contributed by atoms with Gasteiger partial charge in [-0.05, 0) is 62.1 Å². The first-order chi connectivity index (χ1) is 8.83. The number of hydrogen-bond acceptors (Lipinski definition) is 1. The third-order valence-electron chi connectivity index (χ3n) is 4.50. The topological polar surface area (TPSA) is 12.0 Å². The lowest BCUT2D eigenvalue weighted by atomic mass is 9.89. The molecule has 18 heavy (non-hydrogen) atoms. The van der Waals surface area contributed by atoms with Crippen molar-refractivity contribution in [1.29, 1.82) is 0 Å². The Bertz CT molecular complexity index is 400. The van der Waals surface area contributed by atoms with Gasteiger partial charge in [-0.2, -0.15) is 0 Å². The molecule has 0 radical (unpaired) electrons. The first-order valence-electron chi connectivity index (χ1n) is 7.29. The fourth-order valence-electron chi connectivity index (χ4n) is 3.20. The molecule has 2 heteroatoms. The summed E-state index contributed by atoms with van der Waals surface area (Å²) in [6, 6.07) is 8.05. The van der Waals surface area contributed by atoms with Crippen molar-refractivity contribution in [2.24, 2.45) is 11.8 Å². The zero-order valence-electron chi connectivity index (χ0n) is 10.9. The summed E-state index contributed by atoms with van der Waals surface area (Å²) in [5.41, 5.74) is 0.904. The Morgan fingerprint density at radius 2 is 1.83 bits per heavy atom. The molecule has 2 fully saturated rings. The van der Waals surface area contributed by atoms with Crippen molar-refractivity contribution in [3.05, 3.63) is 35.6 Å². The normalized spacial score (nSPS) is 27.6. The van der Waals surface area contributed by atoms with Gasteiger partial charge in [0.1, 0.15) is 5.82 Å². The molecule has 2 aliphatic carbocycles. The molecule has 0 amide bonds. The Morgan fingerprint density at radius 3 is 2.61 bits per heavy atom. The molecular weight excluding hydrogens is 225 g/mol. The summed E-state index contributed by atoms with van der Waals surface area (Å²) in [6.45, 7) is 1.14. The van der Waals surface area contributed by atoms with E-state index in [2.05, 4.69) is 5.32 Å². The van der Waals surface area contributed by atoms with E-state index in [1.807, 2.05) is 12.1 Å². The molecule has 2 atom stereocenters. The molecule has 0 saturated heterocycles. The highest BCUT2D eigenvalue weighted by molar-refractivity contribution is 5.18.